The van der Waals surface area contributed by atoms with E-state index in [4.69, 9.17) is 37.8 Å². The van der Waals surface area contributed by atoms with Gasteiger partial charge in [-0.3, -0.25) is 0 Å². The number of carboxylic acid groups (broad SMARTS) is 1. The zero-order valence-electron chi connectivity index (χ0n) is 18.2. The monoisotopic (exact) mass is 492 g/mol. The second kappa shape index (κ2) is 9.81. The summed E-state index contributed by atoms with van der Waals surface area (Å²) in [6.45, 7) is 0.826. The third-order valence-corrected chi connectivity index (χ3v) is 6.88. The van der Waals surface area contributed by atoms with Gasteiger partial charge in [0.2, 0.25) is 5.88 Å². The van der Waals surface area contributed by atoms with Crippen molar-refractivity contribution < 1.29 is 24.5 Å². The predicted octanol–water partition coefficient (Wildman–Crippen LogP) is 5.71. The molecule has 0 bridgehead atoms. The molecule has 0 saturated heterocycles. The van der Waals surface area contributed by atoms with Crippen LogP contribution < -0.4 is 14.8 Å². The van der Waals surface area contributed by atoms with Crippen LogP contribution in [0, 0.1) is 5.92 Å². The molecule has 4 rings (SSSR count). The van der Waals surface area contributed by atoms with Crippen molar-refractivity contribution in [1.29, 1.82) is 0 Å². The maximum absolute atomic E-state index is 11.7. The van der Waals surface area contributed by atoms with Crippen molar-refractivity contribution in [2.75, 3.05) is 13.7 Å². The number of carbonyl (C=O) groups is 1. The Morgan fingerprint density at radius 2 is 2.09 bits per heavy atom. The van der Waals surface area contributed by atoms with Gasteiger partial charge in [-0.05, 0) is 42.7 Å². The van der Waals surface area contributed by atoms with Gasteiger partial charge in [-0.2, -0.15) is 0 Å². The molecule has 2 aromatic carbocycles. The number of halogens is 2. The highest BCUT2D eigenvalue weighted by Crippen LogP contribution is 2.42. The Bertz CT molecular complexity index is 1170. The van der Waals surface area contributed by atoms with E-state index < -0.39 is 11.8 Å². The molecule has 1 heterocycles. The van der Waals surface area contributed by atoms with Crippen molar-refractivity contribution in [3.63, 3.8) is 0 Å². The van der Waals surface area contributed by atoms with E-state index in [2.05, 4.69) is 10.3 Å². The molecule has 1 saturated carbocycles. The Morgan fingerprint density at radius 1 is 1.27 bits per heavy atom. The fourth-order valence-corrected chi connectivity index (χ4v) is 5.38. The summed E-state index contributed by atoms with van der Waals surface area (Å²) in [5.74, 6) is 0.777. The second-order valence-electron chi connectivity index (χ2n) is 8.34. The summed E-state index contributed by atoms with van der Waals surface area (Å²) >= 11 is 12.5. The van der Waals surface area contributed by atoms with Crippen molar-refractivity contribution >= 4 is 40.3 Å². The molecule has 7 nitrogen and oxygen atoms in total. The van der Waals surface area contributed by atoms with Crippen LogP contribution in [0.1, 0.15) is 36.8 Å². The number of ether oxygens (including phenoxy) is 2. The largest absolute Gasteiger partial charge is 0.512 e. The Kier molecular flexibility index (Phi) is 7.05. The fraction of sp³-hybridized carbons (Fsp3) is 0.375. The van der Waals surface area contributed by atoms with Crippen molar-refractivity contribution in [3.05, 3.63) is 57.6 Å². The molecule has 3 aromatic rings. The van der Waals surface area contributed by atoms with Crippen LogP contribution in [0.3, 0.4) is 0 Å². The first-order valence-corrected chi connectivity index (χ1v) is 11.6. The topological polar surface area (TPSA) is 104 Å². The van der Waals surface area contributed by atoms with Gasteiger partial charge >= 0.3 is 6.16 Å². The Labute approximate surface area is 201 Å². The van der Waals surface area contributed by atoms with E-state index in [1.165, 1.54) is 0 Å². The molecule has 4 N–H and O–H groups in total. The molecule has 1 aliphatic carbocycles. The fourth-order valence-electron chi connectivity index (χ4n) is 4.78. The first-order chi connectivity index (χ1) is 15.8. The quantitative estimate of drug-likeness (QED) is 0.315. The number of hydrogen-bond donors (Lipinski definition) is 4. The zero-order chi connectivity index (χ0) is 23.6. The van der Waals surface area contributed by atoms with E-state index in [1.54, 1.807) is 19.2 Å². The first kappa shape index (κ1) is 23.7. The predicted molar refractivity (Wildman–Crippen MR) is 128 cm³/mol. The van der Waals surface area contributed by atoms with E-state index in [-0.39, 0.29) is 11.8 Å². The van der Waals surface area contributed by atoms with Gasteiger partial charge in [0, 0.05) is 35.0 Å². The van der Waals surface area contributed by atoms with Crippen molar-refractivity contribution in [2.45, 2.75) is 37.8 Å². The summed E-state index contributed by atoms with van der Waals surface area (Å²) in [6.07, 6.45) is 2.08. The molecule has 2 unspecified atom stereocenters. The summed E-state index contributed by atoms with van der Waals surface area (Å²) in [5.41, 5.74) is 1.04. The lowest BCUT2D eigenvalue weighted by atomic mass is 9.71. The number of nitrogens with one attached hydrogen (secondary N) is 2. The first-order valence-electron chi connectivity index (χ1n) is 10.8. The number of H-pyrrole nitrogens is 1. The second-order valence-corrected chi connectivity index (χ2v) is 9.18. The van der Waals surface area contributed by atoms with Crippen molar-refractivity contribution in [2.24, 2.45) is 5.92 Å². The van der Waals surface area contributed by atoms with Crippen LogP contribution in [0.15, 0.2) is 36.4 Å². The number of methoxy groups -OCH3 is 1. The van der Waals surface area contributed by atoms with Gasteiger partial charge in [0.25, 0.3) is 0 Å². The summed E-state index contributed by atoms with van der Waals surface area (Å²) in [6, 6.07) is 10.8. The average molecular weight is 493 g/mol. The normalized spacial score (nSPS) is 20.7. The zero-order valence-corrected chi connectivity index (χ0v) is 19.7. The maximum atomic E-state index is 11.7. The van der Waals surface area contributed by atoms with Gasteiger partial charge < -0.3 is 30.0 Å². The Balaban J connectivity index is 1.57. The van der Waals surface area contributed by atoms with Crippen molar-refractivity contribution in [3.8, 4) is 11.6 Å². The number of aromatic nitrogens is 1. The molecule has 33 heavy (non-hydrogen) atoms. The summed E-state index contributed by atoms with van der Waals surface area (Å²) in [4.78, 5) is 14.1. The number of benzene rings is 2. The number of rotatable bonds is 7. The molecule has 1 aliphatic rings. The maximum Gasteiger partial charge on any atom is 0.512 e. The van der Waals surface area contributed by atoms with Gasteiger partial charge in [-0.15, -0.1) is 0 Å². The average Bonchev–Trinajstić information content (AvgIpc) is 3.11. The van der Waals surface area contributed by atoms with Crippen LogP contribution >= 0.6 is 23.2 Å². The van der Waals surface area contributed by atoms with Crippen LogP contribution in [0.4, 0.5) is 4.79 Å². The number of hydrogen-bond acceptors (Lipinski definition) is 5. The lowest BCUT2D eigenvalue weighted by Gasteiger charge is -2.41. The number of fused-ring (bicyclic) bond motifs is 1. The highest BCUT2D eigenvalue weighted by molar-refractivity contribution is 6.38. The third kappa shape index (κ3) is 4.92. The lowest BCUT2D eigenvalue weighted by molar-refractivity contribution is -0.0538. The molecule has 9 heteroatoms. The Hall–Kier alpha value is -2.45. The molecular formula is C24H26Cl2N2O5. The minimum atomic E-state index is -1.43. The van der Waals surface area contributed by atoms with Gasteiger partial charge in [0.1, 0.15) is 5.75 Å². The van der Waals surface area contributed by atoms with E-state index in [0.717, 1.165) is 24.8 Å². The van der Waals surface area contributed by atoms with E-state index >= 15 is 0 Å². The molecule has 1 aromatic heterocycles. The standard InChI is InChI=1S/C24H26Cl2N2O5/c1-32-17-7-4-6-14(9-17)24(31)8-3-2-5-15(24)12-27-13-18-21-19(26)10-16(25)11-20(21)28-22(18)33-23(29)30/h4,6-7,9-11,15,27-28,31H,2-3,5,8,12-13H2,1H3,(H,29,30). The SMILES string of the molecule is COc1cccc(C2(O)CCCCC2CNCc2c(OC(=O)O)[nH]c3cc(Cl)cc(Cl)c23)c1. The van der Waals surface area contributed by atoms with Gasteiger partial charge in [-0.25, -0.2) is 4.79 Å². The third-order valence-electron chi connectivity index (χ3n) is 6.37. The van der Waals surface area contributed by atoms with E-state index in [9.17, 15) is 9.90 Å². The van der Waals surface area contributed by atoms with Crippen LogP contribution in [0.2, 0.25) is 10.0 Å². The molecule has 176 valence electrons. The van der Waals surface area contributed by atoms with Crippen LogP contribution in [-0.4, -0.2) is 35.0 Å². The summed E-state index contributed by atoms with van der Waals surface area (Å²) < 4.78 is 10.3. The molecule has 2 atom stereocenters. The molecule has 1 fully saturated rings. The highest BCUT2D eigenvalue weighted by atomic mass is 35.5. The highest BCUT2D eigenvalue weighted by Gasteiger charge is 2.40. The Morgan fingerprint density at radius 3 is 2.85 bits per heavy atom. The van der Waals surface area contributed by atoms with Gasteiger partial charge in [0.05, 0.1) is 23.3 Å². The van der Waals surface area contributed by atoms with Crippen LogP contribution in [-0.2, 0) is 12.1 Å². The lowest BCUT2D eigenvalue weighted by Crippen LogP contribution is -2.43. The van der Waals surface area contributed by atoms with Gasteiger partial charge in [0.15, 0.2) is 0 Å². The molecular weight excluding hydrogens is 467 g/mol. The van der Waals surface area contributed by atoms with Crippen LogP contribution in [0.25, 0.3) is 10.9 Å². The number of aliphatic hydroxyl groups is 1. The summed E-state index contributed by atoms with van der Waals surface area (Å²) in [7, 11) is 1.61. The molecule has 0 radical (unpaired) electrons. The van der Waals surface area contributed by atoms with E-state index in [0.29, 0.717) is 51.8 Å². The molecule has 0 aliphatic heterocycles. The van der Waals surface area contributed by atoms with Gasteiger partial charge in [-0.1, -0.05) is 48.2 Å². The number of aromatic amines is 1. The minimum Gasteiger partial charge on any atom is -0.497 e. The smallest absolute Gasteiger partial charge is 0.497 e. The van der Waals surface area contributed by atoms with E-state index in [1.807, 2.05) is 24.3 Å². The van der Waals surface area contributed by atoms with Crippen LogP contribution in [0.5, 0.6) is 11.6 Å². The molecule has 0 amide bonds. The van der Waals surface area contributed by atoms with Crippen molar-refractivity contribution in [1.82, 2.24) is 10.3 Å². The minimum absolute atomic E-state index is 0.0303. The molecule has 0 spiro atoms. The summed E-state index contributed by atoms with van der Waals surface area (Å²) in [5, 5.41) is 25.7.